The van der Waals surface area contributed by atoms with Crippen molar-refractivity contribution < 1.29 is 49.3 Å². The van der Waals surface area contributed by atoms with Crippen LogP contribution in [0.4, 0.5) is 0 Å². The summed E-state index contributed by atoms with van der Waals surface area (Å²) in [4.78, 5) is 12.8. The van der Waals surface area contributed by atoms with Gasteiger partial charge >= 0.3 is 0 Å². The number of nitrogens with one attached hydrogen (secondary N) is 3. The molecular weight excluding hydrogens is 570 g/mol. The third-order valence-corrected chi connectivity index (χ3v) is 8.62. The number of aliphatic hydroxyl groups excluding tert-OH is 4. The molecule has 1 amide bonds. The first-order valence-corrected chi connectivity index (χ1v) is 14.7. The van der Waals surface area contributed by atoms with Gasteiger partial charge in [0.1, 0.15) is 42.5 Å². The van der Waals surface area contributed by atoms with Gasteiger partial charge < -0.3 is 78.0 Å². The smallest absolute Gasteiger partial charge is 0.250 e. The van der Waals surface area contributed by atoms with Crippen LogP contribution < -0.4 is 33.6 Å². The zero-order valence-corrected chi connectivity index (χ0v) is 24.9. The molecule has 2 saturated heterocycles. The topological polar surface area (TPSA) is 307 Å². The molecule has 17 nitrogen and oxygen atoms in total. The standard InChI is InChI=1S/C26H51N7O10/c1-10-17(35)25(40-9-26(10,3)39)43-21-16(33-23(38)18(36)15(30)7-27)6-14(29)20(19(21)37)42-24-13(28)5-4-12(41-24)8-32-22(31)11(2)34/h10-21,24-25,34-37,39H,4-9,27-30H2,1-3H3,(H2,31,32)(H,33,38)/t10-,11?,12+,13?,14+,15-,16-,17?,18+,19?,20?,21?,24-,25-,26?/m1/s1. The van der Waals surface area contributed by atoms with Crippen LogP contribution in [-0.4, -0.2) is 142 Å². The molecule has 0 aromatic carbocycles. The predicted molar refractivity (Wildman–Crippen MR) is 152 cm³/mol. The molecule has 0 spiro atoms. The van der Waals surface area contributed by atoms with Crippen LogP contribution in [0, 0.1) is 11.3 Å². The number of hydrogen-bond donors (Lipinski definition) is 12. The fourth-order valence-electron chi connectivity index (χ4n) is 5.37. The minimum Gasteiger partial charge on any atom is -0.388 e. The van der Waals surface area contributed by atoms with E-state index in [0.717, 1.165) is 0 Å². The second kappa shape index (κ2) is 15.1. The summed E-state index contributed by atoms with van der Waals surface area (Å²) in [7, 11) is 0. The highest BCUT2D eigenvalue weighted by atomic mass is 16.7. The molecule has 3 rings (SSSR count). The Balaban J connectivity index is 1.78. The highest BCUT2D eigenvalue weighted by Gasteiger charge is 2.51. The van der Waals surface area contributed by atoms with Gasteiger partial charge in [0.05, 0.1) is 36.4 Å². The largest absolute Gasteiger partial charge is 0.388 e. The van der Waals surface area contributed by atoms with Crippen molar-refractivity contribution in [2.45, 2.75) is 125 Å². The molecule has 43 heavy (non-hydrogen) atoms. The number of amidine groups is 1. The Kier molecular flexibility index (Phi) is 12.6. The third kappa shape index (κ3) is 8.78. The number of ether oxygens (including phenoxy) is 4. The summed E-state index contributed by atoms with van der Waals surface area (Å²) < 4.78 is 23.8. The Labute approximate surface area is 251 Å². The number of hydrogen-bond acceptors (Lipinski definition) is 15. The van der Waals surface area contributed by atoms with E-state index in [9.17, 15) is 30.3 Å². The van der Waals surface area contributed by atoms with Gasteiger partial charge in [0.2, 0.25) is 0 Å². The molecular formula is C26H51N7O10. The quantitative estimate of drug-likeness (QED) is 0.0758. The average Bonchev–Trinajstić information content (AvgIpc) is 2.96. The number of amides is 1. The molecule has 250 valence electrons. The number of rotatable bonds is 11. The Morgan fingerprint density at radius 2 is 1.77 bits per heavy atom. The highest BCUT2D eigenvalue weighted by Crippen LogP contribution is 2.34. The summed E-state index contributed by atoms with van der Waals surface area (Å²) in [5.74, 6) is -1.57. The monoisotopic (exact) mass is 621 g/mol. The van der Waals surface area contributed by atoms with E-state index >= 15 is 0 Å². The average molecular weight is 622 g/mol. The molecule has 16 N–H and O–H groups in total. The lowest BCUT2D eigenvalue weighted by Gasteiger charge is -2.48. The zero-order valence-electron chi connectivity index (χ0n) is 24.9. The minimum atomic E-state index is -1.64. The molecule has 3 fully saturated rings. The highest BCUT2D eigenvalue weighted by molar-refractivity contribution is 5.82. The summed E-state index contributed by atoms with van der Waals surface area (Å²) in [5.41, 5.74) is 22.6. The summed E-state index contributed by atoms with van der Waals surface area (Å²) >= 11 is 0. The first kappa shape index (κ1) is 35.9. The molecule has 0 bridgehead atoms. The Hall–Kier alpha value is -1.58. The van der Waals surface area contributed by atoms with Crippen molar-refractivity contribution in [3.63, 3.8) is 0 Å². The van der Waals surface area contributed by atoms with Gasteiger partial charge in [-0.15, -0.1) is 0 Å². The maximum absolute atomic E-state index is 12.8. The normalized spacial score (nSPS) is 42.5. The Bertz CT molecular complexity index is 933. The van der Waals surface area contributed by atoms with Crippen LogP contribution in [0.2, 0.25) is 0 Å². The number of aliphatic hydroxyl groups is 5. The maximum atomic E-state index is 12.8. The molecule has 0 radical (unpaired) electrons. The first-order chi connectivity index (χ1) is 20.1. The molecule has 1 aliphatic carbocycles. The molecule has 2 aliphatic heterocycles. The van der Waals surface area contributed by atoms with Crippen LogP contribution in [0.1, 0.15) is 40.0 Å². The lowest BCUT2D eigenvalue weighted by molar-refractivity contribution is -0.314. The second-order valence-electron chi connectivity index (χ2n) is 12.2. The van der Waals surface area contributed by atoms with E-state index in [2.05, 4.69) is 10.6 Å². The third-order valence-electron chi connectivity index (χ3n) is 8.62. The van der Waals surface area contributed by atoms with E-state index in [1.807, 2.05) is 0 Å². The van der Waals surface area contributed by atoms with Crippen molar-refractivity contribution in [3.05, 3.63) is 0 Å². The van der Waals surface area contributed by atoms with Crippen molar-refractivity contribution in [3.8, 4) is 0 Å². The summed E-state index contributed by atoms with van der Waals surface area (Å²) in [6, 6.07) is -3.45. The summed E-state index contributed by atoms with van der Waals surface area (Å²) in [6.45, 7) is 4.52. The summed E-state index contributed by atoms with van der Waals surface area (Å²) in [6.07, 6.45) is -9.36. The SMILES string of the molecule is CC(O)C(=N)NC[C@@H]1CCC(N)[C@@H](OC2C(O)C(O[C@H]3OCC(C)(O)[C@H](C)C3O)[C@H](NC(=O)[C@@H](O)[C@H](N)CN)C[C@@H]2N)O1. The zero-order chi connectivity index (χ0) is 32.2. The van der Waals surface area contributed by atoms with Crippen LogP contribution in [0.3, 0.4) is 0 Å². The van der Waals surface area contributed by atoms with Crippen molar-refractivity contribution in [2.75, 3.05) is 19.7 Å². The van der Waals surface area contributed by atoms with Gasteiger partial charge in [-0.3, -0.25) is 10.2 Å². The van der Waals surface area contributed by atoms with Crippen molar-refractivity contribution in [2.24, 2.45) is 28.9 Å². The van der Waals surface area contributed by atoms with E-state index in [4.69, 9.17) is 47.3 Å². The molecule has 15 atom stereocenters. The second-order valence-corrected chi connectivity index (χ2v) is 12.2. The van der Waals surface area contributed by atoms with Gasteiger partial charge in [0, 0.05) is 25.0 Å². The van der Waals surface area contributed by atoms with Crippen LogP contribution in [0.5, 0.6) is 0 Å². The maximum Gasteiger partial charge on any atom is 0.250 e. The molecule has 0 aromatic rings. The van der Waals surface area contributed by atoms with Gasteiger partial charge in [-0.05, 0) is 33.1 Å². The van der Waals surface area contributed by atoms with Crippen LogP contribution in [0.25, 0.3) is 0 Å². The van der Waals surface area contributed by atoms with E-state index in [0.29, 0.717) is 12.8 Å². The van der Waals surface area contributed by atoms with Gasteiger partial charge in [-0.1, -0.05) is 6.92 Å². The van der Waals surface area contributed by atoms with E-state index in [1.165, 1.54) is 13.8 Å². The van der Waals surface area contributed by atoms with Gasteiger partial charge in [0.15, 0.2) is 12.6 Å². The van der Waals surface area contributed by atoms with Gasteiger partial charge in [-0.2, -0.15) is 0 Å². The fraction of sp³-hybridized carbons (Fsp3) is 0.923. The van der Waals surface area contributed by atoms with Crippen LogP contribution in [0.15, 0.2) is 0 Å². The number of nitrogens with two attached hydrogens (primary N) is 4. The van der Waals surface area contributed by atoms with E-state index in [-0.39, 0.29) is 32.0 Å². The Morgan fingerprint density at radius 1 is 1.12 bits per heavy atom. The van der Waals surface area contributed by atoms with E-state index in [1.54, 1.807) is 6.92 Å². The van der Waals surface area contributed by atoms with Gasteiger partial charge in [-0.25, -0.2) is 0 Å². The van der Waals surface area contributed by atoms with Crippen LogP contribution >= 0.6 is 0 Å². The Morgan fingerprint density at radius 3 is 2.40 bits per heavy atom. The number of carbonyl (C=O) groups is 1. The fourth-order valence-corrected chi connectivity index (χ4v) is 5.37. The van der Waals surface area contributed by atoms with Crippen molar-refractivity contribution >= 4 is 11.7 Å². The molecule has 1 saturated carbocycles. The van der Waals surface area contributed by atoms with Crippen molar-refractivity contribution in [1.82, 2.24) is 10.6 Å². The van der Waals surface area contributed by atoms with E-state index < -0.39 is 96.9 Å². The molecule has 7 unspecified atom stereocenters. The predicted octanol–water partition coefficient (Wildman–Crippen LogP) is -5.14. The molecule has 2 heterocycles. The number of carbonyl (C=O) groups excluding carboxylic acids is 1. The van der Waals surface area contributed by atoms with Gasteiger partial charge in [0.25, 0.3) is 5.91 Å². The molecule has 17 heteroatoms. The lowest BCUT2D eigenvalue weighted by Crippen LogP contribution is -2.68. The first-order valence-electron chi connectivity index (χ1n) is 14.7. The minimum absolute atomic E-state index is 0.0112. The van der Waals surface area contributed by atoms with Crippen molar-refractivity contribution in [1.29, 1.82) is 5.41 Å². The summed E-state index contributed by atoms with van der Waals surface area (Å²) in [5, 5.41) is 65.9. The lowest BCUT2D eigenvalue weighted by atomic mass is 9.82. The molecule has 3 aliphatic rings. The molecule has 0 aromatic heterocycles. The van der Waals surface area contributed by atoms with Crippen LogP contribution in [-0.2, 0) is 23.7 Å².